The van der Waals surface area contributed by atoms with Crippen LogP contribution >= 0.6 is 0 Å². The van der Waals surface area contributed by atoms with Gasteiger partial charge in [-0.1, -0.05) is 12.1 Å². The van der Waals surface area contributed by atoms with Gasteiger partial charge in [-0.3, -0.25) is 9.59 Å². The van der Waals surface area contributed by atoms with Crippen LogP contribution in [0.25, 0.3) is 0 Å². The molecular weight excluding hydrogens is 244 g/mol. The van der Waals surface area contributed by atoms with Gasteiger partial charge in [-0.2, -0.15) is 0 Å². The number of allylic oxidation sites excluding steroid dienone is 2. The second-order valence-electron chi connectivity index (χ2n) is 5.11. The van der Waals surface area contributed by atoms with Crippen LogP contribution in [0.5, 0.6) is 0 Å². The molecule has 5 nitrogen and oxygen atoms in total. The molecule has 1 aromatic rings. The van der Waals surface area contributed by atoms with Crippen molar-refractivity contribution in [3.8, 4) is 0 Å². The number of para-hydroxylation sites is 2. The van der Waals surface area contributed by atoms with Crippen LogP contribution in [0.1, 0.15) is 12.8 Å². The maximum atomic E-state index is 11.6. The number of carbonyl (C=O) groups excluding carboxylic acids is 2. The van der Waals surface area contributed by atoms with Crippen LogP contribution in [0.15, 0.2) is 35.7 Å². The molecule has 2 N–H and O–H groups in total. The average Bonchev–Trinajstić information content (AvgIpc) is 2.69. The zero-order chi connectivity index (χ0) is 13.0. The Balaban J connectivity index is 1.70. The summed E-state index contributed by atoms with van der Waals surface area (Å²) in [5.41, 5.74) is 3.98. The van der Waals surface area contributed by atoms with E-state index in [2.05, 4.69) is 10.6 Å². The minimum Gasteiger partial charge on any atom is -0.393 e. The van der Waals surface area contributed by atoms with Crippen molar-refractivity contribution in [2.24, 2.45) is 11.8 Å². The Labute approximate surface area is 109 Å². The van der Waals surface area contributed by atoms with Crippen molar-refractivity contribution in [2.45, 2.75) is 12.8 Å². The van der Waals surface area contributed by atoms with Gasteiger partial charge >= 0.3 is 11.9 Å². The molecule has 0 aromatic heterocycles. The highest BCUT2D eigenvalue weighted by molar-refractivity contribution is 5.97. The predicted octanol–water partition coefficient (Wildman–Crippen LogP) is 1.85. The summed E-state index contributed by atoms with van der Waals surface area (Å²) in [6.45, 7) is 0. The third-order valence-electron chi connectivity index (χ3n) is 4.00. The first kappa shape index (κ1) is 10.6. The van der Waals surface area contributed by atoms with Crippen LogP contribution in [-0.4, -0.2) is 11.9 Å². The van der Waals surface area contributed by atoms with Gasteiger partial charge in [-0.15, -0.1) is 0 Å². The number of carbonyl (C=O) groups is 2. The Kier molecular flexibility index (Phi) is 2.01. The Bertz CT molecular complexity index is 582. The van der Waals surface area contributed by atoms with Crippen LogP contribution in [0.4, 0.5) is 11.4 Å². The summed E-state index contributed by atoms with van der Waals surface area (Å²) in [5.74, 6) is -1.43. The summed E-state index contributed by atoms with van der Waals surface area (Å²) in [5, 5.41) is 6.69. The molecule has 19 heavy (non-hydrogen) atoms. The minimum atomic E-state index is -0.387. The first-order chi connectivity index (χ1) is 9.22. The number of cyclic esters (lactones) is 2. The molecule has 1 saturated heterocycles. The molecule has 2 heterocycles. The van der Waals surface area contributed by atoms with Gasteiger partial charge in [0, 0.05) is 24.2 Å². The van der Waals surface area contributed by atoms with Crippen LogP contribution in [0, 0.1) is 11.8 Å². The van der Waals surface area contributed by atoms with Gasteiger partial charge in [-0.25, -0.2) is 0 Å². The zero-order valence-corrected chi connectivity index (χ0v) is 10.1. The first-order valence-electron chi connectivity index (χ1n) is 6.33. The maximum Gasteiger partial charge on any atom is 0.317 e. The fraction of sp³-hybridized carbons (Fsp3) is 0.286. The normalized spacial score (nSPS) is 27.8. The number of hydrogen-bond acceptors (Lipinski definition) is 5. The molecule has 5 heteroatoms. The highest BCUT2D eigenvalue weighted by atomic mass is 16.6. The van der Waals surface area contributed by atoms with Gasteiger partial charge in [0.2, 0.25) is 0 Å². The number of benzene rings is 1. The van der Waals surface area contributed by atoms with Gasteiger partial charge in [0.15, 0.2) is 0 Å². The second kappa shape index (κ2) is 3.60. The first-order valence-corrected chi connectivity index (χ1v) is 6.33. The van der Waals surface area contributed by atoms with E-state index in [9.17, 15) is 9.59 Å². The number of anilines is 2. The average molecular weight is 256 g/mol. The summed E-state index contributed by atoms with van der Waals surface area (Å²) in [6, 6.07) is 7.88. The molecule has 96 valence electrons. The molecule has 1 aliphatic carbocycles. The van der Waals surface area contributed by atoms with Crippen molar-refractivity contribution < 1.29 is 14.3 Å². The third-order valence-corrected chi connectivity index (χ3v) is 4.00. The van der Waals surface area contributed by atoms with E-state index in [1.54, 1.807) is 0 Å². The summed E-state index contributed by atoms with van der Waals surface area (Å²) in [4.78, 5) is 23.3. The standard InChI is InChI=1S/C14H12N2O3/c17-13-7-5-11-12(6-8(7)14(18)19-13)16-10-4-2-1-3-9(10)15-11/h1-4,7-8,15-16H,5-6H2. The molecule has 0 saturated carbocycles. The quantitative estimate of drug-likeness (QED) is 0.547. The number of hydrogen-bond donors (Lipinski definition) is 2. The lowest BCUT2D eigenvalue weighted by atomic mass is 9.81. The van der Waals surface area contributed by atoms with E-state index < -0.39 is 0 Å². The van der Waals surface area contributed by atoms with Crippen LogP contribution in [0.3, 0.4) is 0 Å². The molecule has 2 atom stereocenters. The van der Waals surface area contributed by atoms with Gasteiger partial charge in [0.05, 0.1) is 23.2 Å². The fourth-order valence-electron chi connectivity index (χ4n) is 3.00. The Morgan fingerprint density at radius 3 is 1.84 bits per heavy atom. The molecule has 0 spiro atoms. The molecule has 0 bridgehead atoms. The SMILES string of the molecule is O=C1OC(=O)C2CC3=C(CC12)Nc1ccccc1N3. The smallest absolute Gasteiger partial charge is 0.317 e. The minimum absolute atomic E-state index is 0.328. The second-order valence-corrected chi connectivity index (χ2v) is 5.11. The molecule has 3 aliphatic rings. The number of rotatable bonds is 0. The van der Waals surface area contributed by atoms with E-state index in [-0.39, 0.29) is 23.8 Å². The summed E-state index contributed by atoms with van der Waals surface area (Å²) >= 11 is 0. The van der Waals surface area contributed by atoms with E-state index >= 15 is 0 Å². The number of nitrogens with one attached hydrogen (secondary N) is 2. The molecule has 0 amide bonds. The number of fused-ring (bicyclic) bond motifs is 2. The lowest BCUT2D eigenvalue weighted by Crippen LogP contribution is -2.30. The van der Waals surface area contributed by atoms with Gasteiger partial charge in [-0.05, 0) is 12.1 Å². The monoisotopic (exact) mass is 256 g/mol. The van der Waals surface area contributed by atoms with Crippen LogP contribution < -0.4 is 10.6 Å². The summed E-state index contributed by atoms with van der Waals surface area (Å²) in [7, 11) is 0. The topological polar surface area (TPSA) is 67.4 Å². The van der Waals surface area contributed by atoms with Gasteiger partial charge in [0.25, 0.3) is 0 Å². The molecule has 2 unspecified atom stereocenters. The lowest BCUT2D eigenvalue weighted by Gasteiger charge is -2.32. The van der Waals surface area contributed by atoms with E-state index in [0.29, 0.717) is 12.8 Å². The van der Waals surface area contributed by atoms with Gasteiger partial charge < -0.3 is 15.4 Å². The molecule has 1 fully saturated rings. The number of ether oxygens (including phenoxy) is 1. The fourth-order valence-corrected chi connectivity index (χ4v) is 3.00. The Morgan fingerprint density at radius 1 is 0.895 bits per heavy atom. The molecule has 2 aliphatic heterocycles. The van der Waals surface area contributed by atoms with E-state index in [1.165, 1.54) is 0 Å². The van der Waals surface area contributed by atoms with E-state index in [0.717, 1.165) is 22.8 Å². The van der Waals surface area contributed by atoms with Crippen molar-refractivity contribution in [3.05, 3.63) is 35.7 Å². The largest absolute Gasteiger partial charge is 0.393 e. The van der Waals surface area contributed by atoms with Crippen molar-refractivity contribution in [1.82, 2.24) is 0 Å². The van der Waals surface area contributed by atoms with Gasteiger partial charge in [0.1, 0.15) is 0 Å². The summed E-state index contributed by atoms with van der Waals surface area (Å²) < 4.78 is 4.73. The Morgan fingerprint density at radius 2 is 1.37 bits per heavy atom. The van der Waals surface area contributed by atoms with E-state index in [1.807, 2.05) is 24.3 Å². The Hall–Kier alpha value is -2.30. The van der Waals surface area contributed by atoms with Crippen LogP contribution in [0.2, 0.25) is 0 Å². The maximum absolute atomic E-state index is 11.6. The third kappa shape index (κ3) is 1.47. The van der Waals surface area contributed by atoms with Crippen molar-refractivity contribution >= 4 is 23.3 Å². The predicted molar refractivity (Wildman–Crippen MR) is 68.0 cm³/mol. The zero-order valence-electron chi connectivity index (χ0n) is 10.1. The molecule has 4 rings (SSSR count). The highest BCUT2D eigenvalue weighted by Crippen LogP contribution is 2.43. The number of esters is 2. The van der Waals surface area contributed by atoms with Crippen LogP contribution in [-0.2, 0) is 14.3 Å². The van der Waals surface area contributed by atoms with Crippen molar-refractivity contribution in [3.63, 3.8) is 0 Å². The highest BCUT2D eigenvalue weighted by Gasteiger charge is 2.48. The molecule has 0 radical (unpaired) electrons. The van der Waals surface area contributed by atoms with Crippen molar-refractivity contribution in [1.29, 1.82) is 0 Å². The molecule has 1 aromatic carbocycles. The van der Waals surface area contributed by atoms with Crippen molar-refractivity contribution in [2.75, 3.05) is 10.6 Å². The lowest BCUT2D eigenvalue weighted by molar-refractivity contribution is -0.153. The van der Waals surface area contributed by atoms with E-state index in [4.69, 9.17) is 4.74 Å². The summed E-state index contributed by atoms with van der Waals surface area (Å²) in [6.07, 6.45) is 1.07. The molecular formula is C14H12N2O3.